The zero-order chi connectivity index (χ0) is 18.5. The minimum absolute atomic E-state index is 0.145. The van der Waals surface area contributed by atoms with Crippen molar-refractivity contribution in [1.82, 2.24) is 9.88 Å². The molecule has 0 radical (unpaired) electrons. The summed E-state index contributed by atoms with van der Waals surface area (Å²) >= 11 is 0. The van der Waals surface area contributed by atoms with Crippen LogP contribution in [0.25, 0.3) is 10.9 Å². The summed E-state index contributed by atoms with van der Waals surface area (Å²) in [6.45, 7) is 4.87. The molecule has 0 aliphatic rings. The standard InChI is InChI=1S/C22H26N2O2/c1-4-16(2)24(15-17-8-6-5-7-9-17)22(25)12-18-14-23-21-11-10-19(26-3)13-20(18)21/h5-11,13-14,16,23H,4,12,15H2,1-3H3. The molecule has 1 heterocycles. The van der Waals surface area contributed by atoms with E-state index < -0.39 is 0 Å². The zero-order valence-electron chi connectivity index (χ0n) is 15.7. The van der Waals surface area contributed by atoms with E-state index in [4.69, 9.17) is 4.74 Å². The van der Waals surface area contributed by atoms with Gasteiger partial charge in [-0.05, 0) is 42.7 Å². The molecule has 0 spiro atoms. The largest absolute Gasteiger partial charge is 0.497 e. The average molecular weight is 350 g/mol. The summed E-state index contributed by atoms with van der Waals surface area (Å²) in [4.78, 5) is 18.3. The number of methoxy groups -OCH3 is 1. The van der Waals surface area contributed by atoms with E-state index in [1.807, 2.05) is 47.5 Å². The fourth-order valence-electron chi connectivity index (χ4n) is 3.19. The fourth-order valence-corrected chi connectivity index (χ4v) is 3.19. The Hall–Kier alpha value is -2.75. The fraction of sp³-hybridized carbons (Fsp3) is 0.318. The lowest BCUT2D eigenvalue weighted by atomic mass is 10.1. The van der Waals surface area contributed by atoms with Gasteiger partial charge in [0.1, 0.15) is 5.75 Å². The quantitative estimate of drug-likeness (QED) is 0.679. The van der Waals surface area contributed by atoms with Gasteiger partial charge in [0.2, 0.25) is 5.91 Å². The number of carbonyl (C=O) groups is 1. The highest BCUT2D eigenvalue weighted by atomic mass is 16.5. The number of rotatable bonds is 7. The van der Waals surface area contributed by atoms with Crippen molar-refractivity contribution in [3.8, 4) is 5.75 Å². The van der Waals surface area contributed by atoms with Crippen LogP contribution in [0.5, 0.6) is 5.75 Å². The Bertz CT molecular complexity index is 870. The Kier molecular flexibility index (Phi) is 5.61. The van der Waals surface area contributed by atoms with Crippen LogP contribution in [0, 0.1) is 0 Å². The second-order valence-corrected chi connectivity index (χ2v) is 6.67. The van der Waals surface area contributed by atoms with Crippen molar-refractivity contribution >= 4 is 16.8 Å². The molecule has 3 rings (SSSR count). The van der Waals surface area contributed by atoms with Crippen molar-refractivity contribution in [2.75, 3.05) is 7.11 Å². The van der Waals surface area contributed by atoms with Gasteiger partial charge in [-0.25, -0.2) is 0 Å². The number of carbonyl (C=O) groups excluding carboxylic acids is 1. The molecule has 0 aliphatic carbocycles. The van der Waals surface area contributed by atoms with Crippen LogP contribution in [-0.2, 0) is 17.8 Å². The van der Waals surface area contributed by atoms with E-state index in [-0.39, 0.29) is 11.9 Å². The molecule has 3 aromatic rings. The van der Waals surface area contributed by atoms with Crippen molar-refractivity contribution in [2.45, 2.75) is 39.3 Å². The van der Waals surface area contributed by atoms with Gasteiger partial charge in [-0.3, -0.25) is 4.79 Å². The lowest BCUT2D eigenvalue weighted by Gasteiger charge is -2.29. The predicted molar refractivity (Wildman–Crippen MR) is 105 cm³/mol. The number of nitrogens with zero attached hydrogens (tertiary/aromatic N) is 1. The number of ether oxygens (including phenoxy) is 1. The van der Waals surface area contributed by atoms with E-state index in [0.717, 1.165) is 34.2 Å². The first kappa shape index (κ1) is 18.1. The molecule has 0 aliphatic heterocycles. The molecule has 1 unspecified atom stereocenters. The molecule has 1 aromatic heterocycles. The smallest absolute Gasteiger partial charge is 0.227 e. The lowest BCUT2D eigenvalue weighted by Crippen LogP contribution is -2.38. The second kappa shape index (κ2) is 8.09. The summed E-state index contributed by atoms with van der Waals surface area (Å²) in [5.41, 5.74) is 3.18. The van der Waals surface area contributed by atoms with Crippen molar-refractivity contribution in [3.05, 3.63) is 65.9 Å². The Balaban J connectivity index is 1.83. The van der Waals surface area contributed by atoms with E-state index in [1.165, 1.54) is 0 Å². The normalized spacial score (nSPS) is 12.1. The number of benzene rings is 2. The average Bonchev–Trinajstić information content (AvgIpc) is 3.08. The number of hydrogen-bond donors (Lipinski definition) is 1. The second-order valence-electron chi connectivity index (χ2n) is 6.67. The molecule has 2 aromatic carbocycles. The topological polar surface area (TPSA) is 45.3 Å². The lowest BCUT2D eigenvalue weighted by molar-refractivity contribution is -0.133. The van der Waals surface area contributed by atoms with Crippen LogP contribution in [0.1, 0.15) is 31.4 Å². The van der Waals surface area contributed by atoms with Gasteiger partial charge in [0.15, 0.2) is 0 Å². The third-order valence-corrected chi connectivity index (χ3v) is 4.96. The van der Waals surface area contributed by atoms with Gasteiger partial charge < -0.3 is 14.6 Å². The maximum atomic E-state index is 13.1. The summed E-state index contributed by atoms with van der Waals surface area (Å²) in [7, 11) is 1.66. The molecule has 26 heavy (non-hydrogen) atoms. The molecule has 136 valence electrons. The number of hydrogen-bond acceptors (Lipinski definition) is 2. The molecule has 4 heteroatoms. The van der Waals surface area contributed by atoms with Gasteiger partial charge >= 0.3 is 0 Å². The minimum atomic E-state index is 0.145. The first-order valence-corrected chi connectivity index (χ1v) is 9.09. The highest BCUT2D eigenvalue weighted by Crippen LogP contribution is 2.25. The maximum absolute atomic E-state index is 13.1. The number of amides is 1. The molecule has 0 fully saturated rings. The van der Waals surface area contributed by atoms with Crippen molar-refractivity contribution in [2.24, 2.45) is 0 Å². The van der Waals surface area contributed by atoms with Gasteiger partial charge in [-0.1, -0.05) is 37.3 Å². The van der Waals surface area contributed by atoms with Crippen LogP contribution in [-0.4, -0.2) is 28.9 Å². The predicted octanol–water partition coefficient (Wildman–Crippen LogP) is 4.55. The first-order chi connectivity index (χ1) is 12.6. The van der Waals surface area contributed by atoms with Gasteiger partial charge in [0, 0.05) is 29.7 Å². The third kappa shape index (κ3) is 3.90. The molecule has 1 atom stereocenters. The summed E-state index contributed by atoms with van der Waals surface area (Å²) < 4.78 is 5.32. The Morgan fingerprint density at radius 3 is 2.65 bits per heavy atom. The van der Waals surface area contributed by atoms with Crippen molar-refractivity contribution in [1.29, 1.82) is 0 Å². The maximum Gasteiger partial charge on any atom is 0.227 e. The SMILES string of the molecule is CCC(C)N(Cc1ccccc1)C(=O)Cc1c[nH]c2ccc(OC)cc12. The Morgan fingerprint density at radius 1 is 1.19 bits per heavy atom. The molecule has 0 saturated carbocycles. The van der Waals surface area contributed by atoms with Gasteiger partial charge in [0.05, 0.1) is 13.5 Å². The summed E-state index contributed by atoms with van der Waals surface area (Å²) in [5.74, 6) is 0.945. The number of aromatic amines is 1. The number of fused-ring (bicyclic) bond motifs is 1. The molecular weight excluding hydrogens is 324 g/mol. The highest BCUT2D eigenvalue weighted by molar-refractivity contribution is 5.89. The van der Waals surface area contributed by atoms with Crippen LogP contribution in [0.2, 0.25) is 0 Å². The van der Waals surface area contributed by atoms with E-state index in [9.17, 15) is 4.79 Å². The van der Waals surface area contributed by atoms with E-state index >= 15 is 0 Å². The van der Waals surface area contributed by atoms with Gasteiger partial charge in [-0.2, -0.15) is 0 Å². The molecule has 0 saturated heterocycles. The first-order valence-electron chi connectivity index (χ1n) is 9.09. The number of H-pyrrole nitrogens is 1. The summed E-state index contributed by atoms with van der Waals surface area (Å²) in [6.07, 6.45) is 3.24. The third-order valence-electron chi connectivity index (χ3n) is 4.96. The molecule has 4 nitrogen and oxygen atoms in total. The van der Waals surface area contributed by atoms with Gasteiger partial charge in [-0.15, -0.1) is 0 Å². The molecular formula is C22H26N2O2. The van der Waals surface area contributed by atoms with Crippen LogP contribution in [0.4, 0.5) is 0 Å². The van der Waals surface area contributed by atoms with E-state index in [0.29, 0.717) is 13.0 Å². The van der Waals surface area contributed by atoms with Crippen LogP contribution >= 0.6 is 0 Å². The van der Waals surface area contributed by atoms with Crippen molar-refractivity contribution < 1.29 is 9.53 Å². The van der Waals surface area contributed by atoms with Crippen LogP contribution < -0.4 is 4.74 Å². The van der Waals surface area contributed by atoms with Crippen LogP contribution in [0.3, 0.4) is 0 Å². The van der Waals surface area contributed by atoms with Crippen molar-refractivity contribution in [3.63, 3.8) is 0 Å². The molecule has 1 amide bonds. The zero-order valence-corrected chi connectivity index (χ0v) is 15.7. The summed E-state index contributed by atoms with van der Waals surface area (Å²) in [6, 6.07) is 16.3. The minimum Gasteiger partial charge on any atom is -0.497 e. The highest BCUT2D eigenvalue weighted by Gasteiger charge is 2.20. The molecule has 1 N–H and O–H groups in total. The van der Waals surface area contributed by atoms with E-state index in [1.54, 1.807) is 7.11 Å². The molecule has 0 bridgehead atoms. The number of aromatic nitrogens is 1. The summed E-state index contributed by atoms with van der Waals surface area (Å²) in [5, 5.41) is 1.04. The van der Waals surface area contributed by atoms with Gasteiger partial charge in [0.25, 0.3) is 0 Å². The Labute approximate surface area is 154 Å². The monoisotopic (exact) mass is 350 g/mol. The van der Waals surface area contributed by atoms with Crippen LogP contribution in [0.15, 0.2) is 54.7 Å². The Morgan fingerprint density at radius 2 is 1.96 bits per heavy atom. The van der Waals surface area contributed by atoms with E-state index in [2.05, 4.69) is 31.0 Å². The number of nitrogens with one attached hydrogen (secondary N) is 1.